The van der Waals surface area contributed by atoms with E-state index in [2.05, 4.69) is 41.9 Å². The van der Waals surface area contributed by atoms with E-state index < -0.39 is 5.41 Å². The van der Waals surface area contributed by atoms with E-state index in [-0.39, 0.29) is 18.4 Å². The fourth-order valence-electron chi connectivity index (χ4n) is 3.43. The Balaban J connectivity index is 1.40. The van der Waals surface area contributed by atoms with Crippen molar-refractivity contribution in [2.45, 2.75) is 44.4 Å². The van der Waals surface area contributed by atoms with Gasteiger partial charge in [0.25, 0.3) is 0 Å². The molecule has 1 atom stereocenters. The standard InChI is InChI=1S/C24H30N2O3/c25-18-24(14-15-24)23(28)29-26-16-22(17-27)21-12-10-20(11-13-21)9-5-4-8-19-6-2-1-3-7-19/h1-3,6-7,10-13,17,22,26H,4-5,8-9,14-16,18,25H2. The highest BCUT2D eigenvalue weighted by molar-refractivity contribution is 5.79. The predicted molar refractivity (Wildman–Crippen MR) is 113 cm³/mol. The molecule has 1 fully saturated rings. The number of nitrogens with one attached hydrogen (secondary N) is 1. The van der Waals surface area contributed by atoms with E-state index in [1.165, 1.54) is 11.1 Å². The number of hydrogen-bond acceptors (Lipinski definition) is 5. The number of benzene rings is 2. The van der Waals surface area contributed by atoms with Crippen molar-refractivity contribution in [1.82, 2.24) is 5.48 Å². The molecule has 154 valence electrons. The zero-order valence-electron chi connectivity index (χ0n) is 16.8. The van der Waals surface area contributed by atoms with Crippen LogP contribution in [0, 0.1) is 5.41 Å². The van der Waals surface area contributed by atoms with E-state index in [0.717, 1.165) is 50.4 Å². The number of carbonyl (C=O) groups excluding carboxylic acids is 2. The molecule has 1 aliphatic carbocycles. The van der Waals surface area contributed by atoms with E-state index in [9.17, 15) is 9.59 Å². The second-order valence-corrected chi connectivity index (χ2v) is 7.90. The van der Waals surface area contributed by atoms with Crippen LogP contribution in [0.2, 0.25) is 0 Å². The molecule has 1 aliphatic rings. The zero-order valence-corrected chi connectivity index (χ0v) is 16.8. The van der Waals surface area contributed by atoms with Gasteiger partial charge in [-0.15, -0.1) is 0 Å². The van der Waals surface area contributed by atoms with Gasteiger partial charge in [-0.25, -0.2) is 4.79 Å². The molecule has 5 nitrogen and oxygen atoms in total. The van der Waals surface area contributed by atoms with Crippen molar-refractivity contribution in [2.24, 2.45) is 11.1 Å². The molecule has 3 rings (SSSR count). The summed E-state index contributed by atoms with van der Waals surface area (Å²) in [5, 5.41) is 0. The van der Waals surface area contributed by atoms with E-state index in [4.69, 9.17) is 10.6 Å². The number of rotatable bonds is 12. The van der Waals surface area contributed by atoms with Gasteiger partial charge >= 0.3 is 5.97 Å². The summed E-state index contributed by atoms with van der Waals surface area (Å²) in [5.41, 5.74) is 11.3. The fourth-order valence-corrected chi connectivity index (χ4v) is 3.43. The Labute approximate surface area is 172 Å². The molecular weight excluding hydrogens is 364 g/mol. The van der Waals surface area contributed by atoms with Crippen LogP contribution in [0.15, 0.2) is 54.6 Å². The number of aryl methyl sites for hydroxylation is 2. The van der Waals surface area contributed by atoms with Gasteiger partial charge in [0.1, 0.15) is 6.29 Å². The third-order valence-corrected chi connectivity index (χ3v) is 5.74. The van der Waals surface area contributed by atoms with Crippen LogP contribution < -0.4 is 11.2 Å². The van der Waals surface area contributed by atoms with Gasteiger partial charge in [-0.3, -0.25) is 0 Å². The van der Waals surface area contributed by atoms with Crippen LogP contribution >= 0.6 is 0 Å². The van der Waals surface area contributed by atoms with Gasteiger partial charge in [-0.05, 0) is 55.2 Å². The lowest BCUT2D eigenvalue weighted by molar-refractivity contribution is -0.157. The van der Waals surface area contributed by atoms with Gasteiger partial charge in [0, 0.05) is 13.1 Å². The predicted octanol–water partition coefficient (Wildman–Crippen LogP) is 3.32. The molecule has 0 saturated heterocycles. The average molecular weight is 395 g/mol. The van der Waals surface area contributed by atoms with Crippen LogP contribution in [0.3, 0.4) is 0 Å². The molecular formula is C24H30N2O3. The summed E-state index contributed by atoms with van der Waals surface area (Å²) in [7, 11) is 0. The number of carbonyl (C=O) groups is 2. The Hall–Kier alpha value is -2.50. The summed E-state index contributed by atoms with van der Waals surface area (Å²) in [4.78, 5) is 28.6. The molecule has 0 bridgehead atoms. The van der Waals surface area contributed by atoms with Crippen molar-refractivity contribution < 1.29 is 14.4 Å². The van der Waals surface area contributed by atoms with E-state index in [0.29, 0.717) is 6.54 Å². The van der Waals surface area contributed by atoms with E-state index >= 15 is 0 Å². The summed E-state index contributed by atoms with van der Waals surface area (Å²) in [6, 6.07) is 18.7. The first-order valence-electron chi connectivity index (χ1n) is 10.4. The highest BCUT2D eigenvalue weighted by Gasteiger charge is 2.50. The van der Waals surface area contributed by atoms with Crippen molar-refractivity contribution in [2.75, 3.05) is 13.1 Å². The average Bonchev–Trinajstić information content (AvgIpc) is 3.57. The van der Waals surface area contributed by atoms with Crippen LogP contribution in [0.1, 0.15) is 48.3 Å². The Morgan fingerprint density at radius 2 is 1.66 bits per heavy atom. The van der Waals surface area contributed by atoms with Crippen LogP contribution in [0.5, 0.6) is 0 Å². The third-order valence-electron chi connectivity index (χ3n) is 5.74. The Kier molecular flexibility index (Phi) is 7.55. The van der Waals surface area contributed by atoms with Crippen molar-refractivity contribution in [3.8, 4) is 0 Å². The summed E-state index contributed by atoms with van der Waals surface area (Å²) in [5.74, 6) is -0.682. The summed E-state index contributed by atoms with van der Waals surface area (Å²) >= 11 is 0. The lowest BCUT2D eigenvalue weighted by atomic mass is 9.97. The lowest BCUT2D eigenvalue weighted by Gasteiger charge is -2.15. The van der Waals surface area contributed by atoms with Crippen LogP contribution in [0.4, 0.5) is 0 Å². The minimum absolute atomic E-state index is 0.256. The van der Waals surface area contributed by atoms with Crippen LogP contribution in [-0.4, -0.2) is 25.3 Å². The molecule has 0 amide bonds. The minimum Gasteiger partial charge on any atom is -0.370 e. The van der Waals surface area contributed by atoms with Gasteiger partial charge in [-0.2, -0.15) is 5.48 Å². The van der Waals surface area contributed by atoms with Crippen molar-refractivity contribution in [3.05, 3.63) is 71.3 Å². The molecule has 29 heavy (non-hydrogen) atoms. The highest BCUT2D eigenvalue weighted by atomic mass is 16.7. The smallest absolute Gasteiger partial charge is 0.332 e. The number of nitrogens with two attached hydrogens (primary N) is 1. The molecule has 0 radical (unpaired) electrons. The van der Waals surface area contributed by atoms with Crippen molar-refractivity contribution >= 4 is 12.3 Å². The Bertz CT molecular complexity index is 786. The quantitative estimate of drug-likeness (QED) is 0.328. The van der Waals surface area contributed by atoms with Gasteiger partial charge in [0.2, 0.25) is 0 Å². The molecule has 5 heteroatoms. The van der Waals surface area contributed by atoms with Crippen LogP contribution in [0.25, 0.3) is 0 Å². The maximum absolute atomic E-state index is 12.0. The van der Waals surface area contributed by atoms with Crippen LogP contribution in [-0.2, 0) is 27.3 Å². The molecule has 2 aromatic rings. The number of unbranched alkanes of at least 4 members (excludes halogenated alkanes) is 1. The molecule has 1 unspecified atom stereocenters. The zero-order chi connectivity index (χ0) is 20.5. The first kappa shape index (κ1) is 21.2. The normalized spacial score (nSPS) is 15.5. The topological polar surface area (TPSA) is 81.4 Å². The maximum atomic E-state index is 12.0. The van der Waals surface area contributed by atoms with Gasteiger partial charge in [0.05, 0.1) is 11.3 Å². The Morgan fingerprint density at radius 1 is 1.03 bits per heavy atom. The van der Waals surface area contributed by atoms with E-state index in [1.807, 2.05) is 18.2 Å². The monoisotopic (exact) mass is 394 g/mol. The van der Waals surface area contributed by atoms with E-state index in [1.54, 1.807) is 0 Å². The minimum atomic E-state index is -0.508. The molecule has 0 heterocycles. The first-order chi connectivity index (χ1) is 14.2. The van der Waals surface area contributed by atoms with Crippen molar-refractivity contribution in [3.63, 3.8) is 0 Å². The largest absolute Gasteiger partial charge is 0.370 e. The molecule has 1 saturated carbocycles. The SMILES string of the molecule is NCC1(C(=O)ONCC(C=O)c2ccc(CCCCc3ccccc3)cc2)CC1. The third kappa shape index (κ3) is 5.99. The highest BCUT2D eigenvalue weighted by Crippen LogP contribution is 2.45. The first-order valence-corrected chi connectivity index (χ1v) is 10.4. The lowest BCUT2D eigenvalue weighted by Crippen LogP contribution is -2.33. The summed E-state index contributed by atoms with van der Waals surface area (Å²) in [6.45, 7) is 0.559. The number of aldehydes is 1. The second-order valence-electron chi connectivity index (χ2n) is 7.90. The van der Waals surface area contributed by atoms with Crippen molar-refractivity contribution in [1.29, 1.82) is 0 Å². The molecule has 3 N–H and O–H groups in total. The number of hydrogen-bond donors (Lipinski definition) is 2. The Morgan fingerprint density at radius 3 is 2.21 bits per heavy atom. The maximum Gasteiger partial charge on any atom is 0.332 e. The molecule has 0 aliphatic heterocycles. The van der Waals surface area contributed by atoms with Gasteiger partial charge in [0.15, 0.2) is 0 Å². The van der Waals surface area contributed by atoms with Gasteiger partial charge < -0.3 is 15.4 Å². The fraction of sp³-hybridized carbons (Fsp3) is 0.417. The number of hydroxylamine groups is 1. The van der Waals surface area contributed by atoms with Gasteiger partial charge in [-0.1, -0.05) is 54.6 Å². The molecule has 2 aromatic carbocycles. The molecule has 0 spiro atoms. The summed E-state index contributed by atoms with van der Waals surface area (Å²) < 4.78 is 0. The molecule has 0 aromatic heterocycles. The summed E-state index contributed by atoms with van der Waals surface area (Å²) in [6.07, 6.45) is 6.83. The second kappa shape index (κ2) is 10.3.